The summed E-state index contributed by atoms with van der Waals surface area (Å²) < 4.78 is 11.4. The van der Waals surface area contributed by atoms with Crippen LogP contribution in [0.15, 0.2) is 42.6 Å². The van der Waals surface area contributed by atoms with Crippen molar-refractivity contribution in [3.63, 3.8) is 0 Å². The van der Waals surface area contributed by atoms with Crippen LogP contribution in [0.3, 0.4) is 0 Å². The van der Waals surface area contributed by atoms with Gasteiger partial charge in [0.1, 0.15) is 11.5 Å². The van der Waals surface area contributed by atoms with E-state index in [1.807, 2.05) is 32.0 Å². The number of benzene rings is 1. The van der Waals surface area contributed by atoms with Gasteiger partial charge in [0.2, 0.25) is 11.8 Å². The molecule has 0 saturated carbocycles. The van der Waals surface area contributed by atoms with Gasteiger partial charge in [-0.2, -0.15) is 0 Å². The average molecular weight is 370 g/mol. The van der Waals surface area contributed by atoms with Crippen LogP contribution in [0.4, 0.5) is 0 Å². The number of aromatic nitrogens is 1. The molecule has 2 rings (SSSR count). The monoisotopic (exact) mass is 370 g/mol. The van der Waals surface area contributed by atoms with Crippen molar-refractivity contribution in [2.24, 2.45) is 17.6 Å². The first-order valence-corrected chi connectivity index (χ1v) is 9.51. The van der Waals surface area contributed by atoms with Crippen molar-refractivity contribution >= 4 is 5.91 Å². The molecule has 5 heteroatoms. The van der Waals surface area contributed by atoms with Crippen LogP contribution in [-0.2, 0) is 11.2 Å². The summed E-state index contributed by atoms with van der Waals surface area (Å²) in [6, 6.07) is 11.7. The Kier molecular flexibility index (Phi) is 7.65. The van der Waals surface area contributed by atoms with Crippen LogP contribution in [0.1, 0.15) is 46.1 Å². The van der Waals surface area contributed by atoms with Gasteiger partial charge >= 0.3 is 0 Å². The minimum absolute atomic E-state index is 0.0927. The Morgan fingerprint density at radius 1 is 1.04 bits per heavy atom. The Hall–Kier alpha value is -2.56. The van der Waals surface area contributed by atoms with E-state index in [9.17, 15) is 4.79 Å². The average Bonchev–Trinajstić information content (AvgIpc) is 2.60. The third-order valence-electron chi connectivity index (χ3n) is 4.43. The molecule has 2 aromatic rings. The molecule has 1 heterocycles. The summed E-state index contributed by atoms with van der Waals surface area (Å²) in [5.74, 6) is 2.54. The predicted molar refractivity (Wildman–Crippen MR) is 107 cm³/mol. The van der Waals surface area contributed by atoms with Gasteiger partial charge in [-0.1, -0.05) is 26.0 Å². The lowest BCUT2D eigenvalue weighted by Gasteiger charge is -2.19. The number of rotatable bonds is 10. The Balaban J connectivity index is 1.90. The number of hydrogen-bond acceptors (Lipinski definition) is 4. The second-order valence-corrected chi connectivity index (χ2v) is 7.46. The molecule has 0 aliphatic rings. The summed E-state index contributed by atoms with van der Waals surface area (Å²) in [6.45, 7) is 8.20. The molecule has 0 unspecified atom stereocenters. The van der Waals surface area contributed by atoms with Crippen molar-refractivity contribution in [3.05, 3.63) is 48.2 Å². The highest BCUT2D eigenvalue weighted by atomic mass is 16.5. The molecule has 1 aromatic carbocycles. The van der Waals surface area contributed by atoms with Gasteiger partial charge < -0.3 is 15.2 Å². The van der Waals surface area contributed by atoms with E-state index in [2.05, 4.69) is 31.0 Å². The number of carbonyl (C=O) groups is 1. The summed E-state index contributed by atoms with van der Waals surface area (Å²) in [7, 11) is 0. The van der Waals surface area contributed by atoms with E-state index in [0.29, 0.717) is 29.9 Å². The third-order valence-corrected chi connectivity index (χ3v) is 4.43. The zero-order chi connectivity index (χ0) is 19.8. The second kappa shape index (κ2) is 9.95. The molecule has 0 aliphatic carbocycles. The maximum atomic E-state index is 11.2. The molecule has 0 fully saturated rings. The van der Waals surface area contributed by atoms with Crippen LogP contribution in [-0.4, -0.2) is 17.0 Å². The first-order chi connectivity index (χ1) is 12.8. The molecule has 5 nitrogen and oxygen atoms in total. The molecule has 0 aliphatic heterocycles. The Morgan fingerprint density at radius 2 is 1.70 bits per heavy atom. The summed E-state index contributed by atoms with van der Waals surface area (Å²) >= 11 is 0. The molecule has 0 spiro atoms. The number of primary amides is 1. The highest BCUT2D eigenvalue weighted by Gasteiger charge is 2.16. The van der Waals surface area contributed by atoms with E-state index < -0.39 is 0 Å². The van der Waals surface area contributed by atoms with Gasteiger partial charge in [-0.15, -0.1) is 0 Å². The number of carbonyl (C=O) groups excluding carboxylic acids is 1. The van der Waals surface area contributed by atoms with Crippen LogP contribution in [0.5, 0.6) is 17.4 Å². The molecule has 27 heavy (non-hydrogen) atoms. The van der Waals surface area contributed by atoms with Crippen molar-refractivity contribution in [1.29, 1.82) is 0 Å². The van der Waals surface area contributed by atoms with E-state index in [1.54, 1.807) is 12.3 Å². The smallest absolute Gasteiger partial charge is 0.217 e. The maximum Gasteiger partial charge on any atom is 0.217 e. The van der Waals surface area contributed by atoms with Crippen molar-refractivity contribution in [1.82, 2.24) is 4.98 Å². The minimum Gasteiger partial charge on any atom is -0.475 e. The topological polar surface area (TPSA) is 74.4 Å². The molecule has 0 saturated heterocycles. The van der Waals surface area contributed by atoms with Crippen LogP contribution in [0, 0.1) is 11.8 Å². The van der Waals surface area contributed by atoms with Crippen molar-refractivity contribution in [2.75, 3.05) is 0 Å². The van der Waals surface area contributed by atoms with Gasteiger partial charge in [0.15, 0.2) is 0 Å². The lowest BCUT2D eigenvalue weighted by atomic mass is 9.87. The minimum atomic E-state index is -0.226. The lowest BCUT2D eigenvalue weighted by molar-refractivity contribution is -0.119. The standard InChI is InChI=1S/C22H30N2O3/c1-15(2)18(13-21(23)25)8-5-17-6-9-19(10-7-17)27-20-11-12-22(24-14-20)26-16(3)4/h6-7,9-12,14-16,18H,5,8,13H2,1-4H3,(H2,23,25)/t18-/m1/s1. The first kappa shape index (κ1) is 20.7. The Bertz CT molecular complexity index is 709. The van der Waals surface area contributed by atoms with E-state index in [-0.39, 0.29) is 12.0 Å². The van der Waals surface area contributed by atoms with Crippen LogP contribution in [0.25, 0.3) is 0 Å². The molecule has 1 atom stereocenters. The zero-order valence-electron chi connectivity index (χ0n) is 16.6. The van der Waals surface area contributed by atoms with Crippen LogP contribution < -0.4 is 15.2 Å². The predicted octanol–water partition coefficient (Wildman–Crippen LogP) is 4.74. The lowest BCUT2D eigenvalue weighted by Crippen LogP contribution is -2.20. The number of aryl methyl sites for hydroxylation is 1. The number of ether oxygens (including phenoxy) is 2. The number of hydrogen-bond donors (Lipinski definition) is 1. The zero-order valence-corrected chi connectivity index (χ0v) is 16.6. The molecular weight excluding hydrogens is 340 g/mol. The van der Waals surface area contributed by atoms with Crippen LogP contribution >= 0.6 is 0 Å². The highest BCUT2D eigenvalue weighted by Crippen LogP contribution is 2.25. The van der Waals surface area contributed by atoms with E-state index >= 15 is 0 Å². The number of nitrogens with two attached hydrogens (primary N) is 1. The van der Waals surface area contributed by atoms with Gasteiger partial charge in [-0.3, -0.25) is 4.79 Å². The SMILES string of the molecule is CC(C)Oc1ccc(Oc2ccc(CC[C@H](CC(N)=O)C(C)C)cc2)cn1. The van der Waals surface area contributed by atoms with Gasteiger partial charge in [-0.05, 0) is 62.3 Å². The van der Waals surface area contributed by atoms with Gasteiger partial charge in [-0.25, -0.2) is 4.98 Å². The Morgan fingerprint density at radius 3 is 2.22 bits per heavy atom. The fraction of sp³-hybridized carbons (Fsp3) is 0.455. The summed E-state index contributed by atoms with van der Waals surface area (Å²) in [6.07, 6.45) is 4.06. The molecule has 0 radical (unpaired) electrons. The van der Waals surface area contributed by atoms with Crippen molar-refractivity contribution in [3.8, 4) is 17.4 Å². The number of amides is 1. The fourth-order valence-electron chi connectivity index (χ4n) is 2.88. The normalized spacial score (nSPS) is 12.2. The third kappa shape index (κ3) is 7.29. The molecule has 0 bridgehead atoms. The first-order valence-electron chi connectivity index (χ1n) is 9.51. The van der Waals surface area contributed by atoms with Crippen LogP contribution in [0.2, 0.25) is 0 Å². The van der Waals surface area contributed by atoms with Crippen molar-refractivity contribution < 1.29 is 14.3 Å². The molecular formula is C22H30N2O3. The fourth-order valence-corrected chi connectivity index (χ4v) is 2.88. The summed E-state index contributed by atoms with van der Waals surface area (Å²) in [5.41, 5.74) is 6.58. The molecule has 146 valence electrons. The van der Waals surface area contributed by atoms with Gasteiger partial charge in [0.25, 0.3) is 0 Å². The number of nitrogens with zero attached hydrogens (tertiary/aromatic N) is 1. The summed E-state index contributed by atoms with van der Waals surface area (Å²) in [4.78, 5) is 15.4. The number of pyridine rings is 1. The molecule has 2 N–H and O–H groups in total. The molecule has 1 amide bonds. The maximum absolute atomic E-state index is 11.2. The molecule has 1 aromatic heterocycles. The van der Waals surface area contributed by atoms with E-state index in [0.717, 1.165) is 18.6 Å². The highest BCUT2D eigenvalue weighted by molar-refractivity contribution is 5.74. The Labute approximate surface area is 161 Å². The van der Waals surface area contributed by atoms with Gasteiger partial charge in [0.05, 0.1) is 12.3 Å². The quantitative estimate of drug-likeness (QED) is 0.655. The van der Waals surface area contributed by atoms with E-state index in [1.165, 1.54) is 5.56 Å². The second-order valence-electron chi connectivity index (χ2n) is 7.46. The van der Waals surface area contributed by atoms with Crippen molar-refractivity contribution in [2.45, 2.75) is 53.1 Å². The van der Waals surface area contributed by atoms with E-state index in [4.69, 9.17) is 15.2 Å². The largest absolute Gasteiger partial charge is 0.475 e. The summed E-state index contributed by atoms with van der Waals surface area (Å²) in [5, 5.41) is 0. The van der Waals surface area contributed by atoms with Gasteiger partial charge in [0, 0.05) is 12.5 Å².